The van der Waals surface area contributed by atoms with Crippen LogP contribution < -0.4 is 10.1 Å². The second-order valence-electron chi connectivity index (χ2n) is 9.05. The number of rotatable bonds is 6. The van der Waals surface area contributed by atoms with Gasteiger partial charge in [0.25, 0.3) is 11.8 Å². The van der Waals surface area contributed by atoms with E-state index in [0.717, 1.165) is 18.4 Å². The minimum Gasteiger partial charge on any atom is -0.484 e. The lowest BCUT2D eigenvalue weighted by Gasteiger charge is -2.44. The van der Waals surface area contributed by atoms with E-state index in [2.05, 4.69) is 22.4 Å². The maximum absolute atomic E-state index is 13.0. The second-order valence-corrected chi connectivity index (χ2v) is 9.05. The minimum absolute atomic E-state index is 0.0179. The average Bonchev–Trinajstić information content (AvgIpc) is 3.17. The predicted octanol–water partition coefficient (Wildman–Crippen LogP) is 3.52. The molecule has 2 heterocycles. The van der Waals surface area contributed by atoms with Gasteiger partial charge in [0, 0.05) is 31.8 Å². The SMILES string of the molecule is CO[C@@H]1[C@@H](NC(=O)c2ccccn2)c2ccccc2C12CCN(C(=O)COc1ccccc1)CC2. The summed E-state index contributed by atoms with van der Waals surface area (Å²) in [5.74, 6) is 0.434. The van der Waals surface area contributed by atoms with Crippen molar-refractivity contribution >= 4 is 11.8 Å². The van der Waals surface area contributed by atoms with Crippen LogP contribution in [0, 0.1) is 0 Å². The lowest BCUT2D eigenvalue weighted by molar-refractivity contribution is -0.136. The highest BCUT2D eigenvalue weighted by atomic mass is 16.5. The van der Waals surface area contributed by atoms with Gasteiger partial charge in [0.1, 0.15) is 11.4 Å². The molecule has 5 rings (SSSR count). The van der Waals surface area contributed by atoms with Crippen molar-refractivity contribution in [2.24, 2.45) is 0 Å². The van der Waals surface area contributed by atoms with E-state index in [1.54, 1.807) is 31.5 Å². The summed E-state index contributed by atoms with van der Waals surface area (Å²) >= 11 is 0. The highest BCUT2D eigenvalue weighted by Gasteiger charge is 2.54. The number of nitrogens with zero attached hydrogens (tertiary/aromatic N) is 2. The Balaban J connectivity index is 1.32. The number of para-hydroxylation sites is 1. The molecule has 2 aromatic carbocycles. The van der Waals surface area contributed by atoms with Crippen LogP contribution in [0.4, 0.5) is 0 Å². The van der Waals surface area contributed by atoms with Gasteiger partial charge in [-0.15, -0.1) is 0 Å². The summed E-state index contributed by atoms with van der Waals surface area (Å²) in [6.07, 6.45) is 2.86. The van der Waals surface area contributed by atoms with Crippen LogP contribution >= 0.6 is 0 Å². The molecule has 1 spiro atoms. The number of hydrogen-bond acceptors (Lipinski definition) is 5. The molecule has 2 aliphatic rings. The number of amides is 2. The summed E-state index contributed by atoms with van der Waals surface area (Å²) in [4.78, 5) is 31.9. The third-order valence-corrected chi connectivity index (χ3v) is 7.23. The molecular formula is C28H29N3O4. The van der Waals surface area contributed by atoms with Crippen molar-refractivity contribution in [3.8, 4) is 5.75 Å². The number of aromatic nitrogens is 1. The Morgan fingerprint density at radius 2 is 1.71 bits per heavy atom. The van der Waals surface area contributed by atoms with Crippen molar-refractivity contribution in [3.05, 3.63) is 95.8 Å². The van der Waals surface area contributed by atoms with Crippen LogP contribution in [0.25, 0.3) is 0 Å². The van der Waals surface area contributed by atoms with E-state index in [4.69, 9.17) is 9.47 Å². The molecular weight excluding hydrogens is 442 g/mol. The Kier molecular flexibility index (Phi) is 6.51. The van der Waals surface area contributed by atoms with E-state index in [9.17, 15) is 9.59 Å². The standard InChI is InChI=1S/C28H29N3O4/c1-34-26-25(30-27(33)23-13-7-8-16-29-23)21-11-5-6-12-22(21)28(26)14-17-31(18-15-28)24(32)19-35-20-9-3-2-4-10-20/h2-13,16,25-26H,14-15,17-19H2,1H3,(H,30,33)/t25-,26+/m0/s1. The zero-order valence-corrected chi connectivity index (χ0v) is 19.7. The summed E-state index contributed by atoms with van der Waals surface area (Å²) in [6, 6.07) is 22.6. The first kappa shape index (κ1) is 23.1. The fraction of sp³-hybridized carbons (Fsp3) is 0.321. The van der Waals surface area contributed by atoms with Crippen molar-refractivity contribution in [3.63, 3.8) is 0 Å². The second kappa shape index (κ2) is 9.88. The number of ether oxygens (including phenoxy) is 2. The molecule has 1 aliphatic heterocycles. The highest BCUT2D eigenvalue weighted by Crippen LogP contribution is 2.52. The van der Waals surface area contributed by atoms with Crippen molar-refractivity contribution < 1.29 is 19.1 Å². The summed E-state index contributed by atoms with van der Waals surface area (Å²) in [5, 5.41) is 3.17. The molecule has 0 saturated carbocycles. The number of fused-ring (bicyclic) bond motifs is 2. The lowest BCUT2D eigenvalue weighted by atomic mass is 9.72. The molecule has 1 fully saturated rings. The molecule has 1 saturated heterocycles. The normalized spacial score (nSPS) is 20.3. The van der Waals surface area contributed by atoms with Gasteiger partial charge in [-0.1, -0.05) is 48.5 Å². The number of benzene rings is 2. The molecule has 1 aliphatic carbocycles. The van der Waals surface area contributed by atoms with E-state index < -0.39 is 0 Å². The summed E-state index contributed by atoms with van der Waals surface area (Å²) in [6.45, 7) is 1.22. The Morgan fingerprint density at radius 1 is 1.00 bits per heavy atom. The van der Waals surface area contributed by atoms with E-state index >= 15 is 0 Å². The van der Waals surface area contributed by atoms with Gasteiger partial charge in [-0.25, -0.2) is 0 Å². The van der Waals surface area contributed by atoms with Crippen LogP contribution in [-0.4, -0.2) is 54.6 Å². The zero-order valence-electron chi connectivity index (χ0n) is 19.7. The van der Waals surface area contributed by atoms with Gasteiger partial charge in [0.2, 0.25) is 0 Å². The van der Waals surface area contributed by atoms with Crippen LogP contribution in [0.2, 0.25) is 0 Å². The fourth-order valence-corrected chi connectivity index (χ4v) is 5.55. The van der Waals surface area contributed by atoms with E-state index in [1.165, 1.54) is 5.56 Å². The third kappa shape index (κ3) is 4.39. The highest BCUT2D eigenvalue weighted by molar-refractivity contribution is 5.92. The largest absolute Gasteiger partial charge is 0.484 e. The van der Waals surface area contributed by atoms with Gasteiger partial charge in [0.15, 0.2) is 6.61 Å². The first-order valence-electron chi connectivity index (χ1n) is 11.9. The quantitative estimate of drug-likeness (QED) is 0.595. The first-order valence-corrected chi connectivity index (χ1v) is 11.9. The maximum Gasteiger partial charge on any atom is 0.270 e. The Bertz CT molecular complexity index is 1180. The molecule has 1 aromatic heterocycles. The summed E-state index contributed by atoms with van der Waals surface area (Å²) in [7, 11) is 1.70. The van der Waals surface area contributed by atoms with E-state index in [0.29, 0.717) is 24.5 Å². The van der Waals surface area contributed by atoms with Gasteiger partial charge in [-0.05, 0) is 48.2 Å². The van der Waals surface area contributed by atoms with Crippen molar-refractivity contribution in [1.29, 1.82) is 0 Å². The number of methoxy groups -OCH3 is 1. The number of carbonyl (C=O) groups excluding carboxylic acids is 2. The number of nitrogens with one attached hydrogen (secondary N) is 1. The number of hydrogen-bond donors (Lipinski definition) is 1. The van der Waals surface area contributed by atoms with E-state index in [-0.39, 0.29) is 36.0 Å². The van der Waals surface area contributed by atoms with Crippen LogP contribution in [0.15, 0.2) is 79.0 Å². The molecule has 2 amide bonds. The Morgan fingerprint density at radius 3 is 2.43 bits per heavy atom. The molecule has 0 unspecified atom stereocenters. The van der Waals surface area contributed by atoms with Gasteiger partial charge >= 0.3 is 0 Å². The molecule has 180 valence electrons. The number of piperidine rings is 1. The van der Waals surface area contributed by atoms with Crippen molar-refractivity contribution in [2.45, 2.75) is 30.4 Å². The Hall–Kier alpha value is -3.71. The van der Waals surface area contributed by atoms with Crippen LogP contribution in [0.3, 0.4) is 0 Å². The van der Waals surface area contributed by atoms with Crippen molar-refractivity contribution in [2.75, 3.05) is 26.8 Å². The number of likely N-dealkylation sites (tertiary alicyclic amines) is 1. The van der Waals surface area contributed by atoms with Gasteiger partial charge in [-0.2, -0.15) is 0 Å². The number of carbonyl (C=O) groups is 2. The average molecular weight is 472 g/mol. The predicted molar refractivity (Wildman–Crippen MR) is 131 cm³/mol. The van der Waals surface area contributed by atoms with E-state index in [1.807, 2.05) is 47.4 Å². The number of pyridine rings is 1. The van der Waals surface area contributed by atoms with Crippen LogP contribution in [0.5, 0.6) is 5.75 Å². The molecule has 0 radical (unpaired) electrons. The van der Waals surface area contributed by atoms with Gasteiger partial charge in [0.05, 0.1) is 12.1 Å². The summed E-state index contributed by atoms with van der Waals surface area (Å²) in [5.41, 5.74) is 2.34. The summed E-state index contributed by atoms with van der Waals surface area (Å²) < 4.78 is 11.7. The maximum atomic E-state index is 13.0. The molecule has 35 heavy (non-hydrogen) atoms. The lowest BCUT2D eigenvalue weighted by Crippen LogP contribution is -2.52. The third-order valence-electron chi connectivity index (χ3n) is 7.23. The fourth-order valence-electron chi connectivity index (χ4n) is 5.55. The topological polar surface area (TPSA) is 80.8 Å². The first-order chi connectivity index (χ1) is 17.1. The molecule has 2 atom stereocenters. The molecule has 0 bridgehead atoms. The van der Waals surface area contributed by atoms with Crippen molar-refractivity contribution in [1.82, 2.24) is 15.2 Å². The van der Waals surface area contributed by atoms with Crippen LogP contribution in [-0.2, 0) is 14.9 Å². The monoisotopic (exact) mass is 471 g/mol. The molecule has 7 heteroatoms. The minimum atomic E-state index is -0.297. The van der Waals surface area contributed by atoms with Crippen LogP contribution in [0.1, 0.15) is 40.5 Å². The molecule has 3 aromatic rings. The van der Waals surface area contributed by atoms with Gasteiger partial charge in [-0.3, -0.25) is 14.6 Å². The molecule has 1 N–H and O–H groups in total. The van der Waals surface area contributed by atoms with Gasteiger partial charge < -0.3 is 19.7 Å². The smallest absolute Gasteiger partial charge is 0.270 e. The Labute approximate surface area is 205 Å². The molecule has 7 nitrogen and oxygen atoms in total. The zero-order chi connectivity index (χ0) is 24.3.